The highest BCUT2D eigenvalue weighted by Crippen LogP contribution is 2.30. The molecule has 0 fully saturated rings. The summed E-state index contributed by atoms with van der Waals surface area (Å²) in [6, 6.07) is 6.64. The summed E-state index contributed by atoms with van der Waals surface area (Å²) < 4.78 is 30.7. The number of hydrogen-bond acceptors (Lipinski definition) is 5. The molecule has 112 valence electrons. The number of ether oxygens (including phenoxy) is 1. The Bertz CT molecular complexity index is 560. The van der Waals surface area contributed by atoms with Crippen molar-refractivity contribution in [2.45, 2.75) is 13.8 Å². The molecule has 1 rings (SSSR count). The summed E-state index contributed by atoms with van der Waals surface area (Å²) in [6.45, 7) is 3.30. The van der Waals surface area contributed by atoms with Crippen LogP contribution < -0.4 is 20.3 Å². The molecule has 0 aromatic heterocycles. The maximum atomic E-state index is 12.2. The van der Waals surface area contributed by atoms with Crippen molar-refractivity contribution in [3.63, 3.8) is 0 Å². The second kappa shape index (κ2) is 7.11. The van der Waals surface area contributed by atoms with Gasteiger partial charge in [0.25, 0.3) is 5.91 Å². The summed E-state index contributed by atoms with van der Waals surface area (Å²) in [5.74, 6) is 4.69. The van der Waals surface area contributed by atoms with E-state index in [2.05, 4.69) is 0 Å². The third-order valence-corrected chi connectivity index (χ3v) is 4.31. The smallest absolute Gasteiger partial charge is 0.254 e. The van der Waals surface area contributed by atoms with Gasteiger partial charge >= 0.3 is 0 Å². The number of hydrazine groups is 1. The minimum Gasteiger partial charge on any atom is -0.492 e. The van der Waals surface area contributed by atoms with E-state index in [1.54, 1.807) is 31.2 Å². The van der Waals surface area contributed by atoms with Crippen molar-refractivity contribution < 1.29 is 17.9 Å². The van der Waals surface area contributed by atoms with E-state index in [0.717, 1.165) is 4.31 Å². The Labute approximate surface area is 118 Å². The molecule has 3 N–H and O–H groups in total. The number of nitrogens with one attached hydrogen (secondary N) is 1. The third kappa shape index (κ3) is 3.84. The van der Waals surface area contributed by atoms with Crippen LogP contribution in [0.25, 0.3) is 0 Å². The number of nitrogens with zero attached hydrogens (tertiary/aromatic N) is 1. The molecule has 0 atom stereocenters. The van der Waals surface area contributed by atoms with Crippen LogP contribution in [0.2, 0.25) is 0 Å². The number of carbonyl (C=O) groups excluding carboxylic acids is 1. The van der Waals surface area contributed by atoms with Gasteiger partial charge in [0.1, 0.15) is 12.3 Å². The van der Waals surface area contributed by atoms with E-state index in [0.29, 0.717) is 18.0 Å². The Kier molecular flexibility index (Phi) is 5.78. The van der Waals surface area contributed by atoms with E-state index in [1.807, 2.05) is 5.43 Å². The fourth-order valence-corrected chi connectivity index (χ4v) is 2.68. The number of amides is 1. The van der Waals surface area contributed by atoms with Crippen molar-refractivity contribution in [1.82, 2.24) is 5.43 Å². The first-order valence-electron chi connectivity index (χ1n) is 6.18. The first kappa shape index (κ1) is 16.3. The molecule has 1 aromatic rings. The van der Waals surface area contributed by atoms with Gasteiger partial charge in [0.15, 0.2) is 0 Å². The average Bonchev–Trinajstić information content (AvgIpc) is 2.45. The van der Waals surface area contributed by atoms with Crippen LogP contribution in [0, 0.1) is 0 Å². The molecular weight excluding hydrogens is 282 g/mol. The molecule has 0 bridgehead atoms. The number of anilines is 1. The van der Waals surface area contributed by atoms with E-state index in [1.165, 1.54) is 6.92 Å². The van der Waals surface area contributed by atoms with Gasteiger partial charge in [-0.3, -0.25) is 14.5 Å². The Morgan fingerprint density at radius 1 is 1.35 bits per heavy atom. The van der Waals surface area contributed by atoms with E-state index in [-0.39, 0.29) is 5.75 Å². The lowest BCUT2D eigenvalue weighted by Gasteiger charge is -2.24. The molecule has 8 heteroatoms. The van der Waals surface area contributed by atoms with Crippen molar-refractivity contribution in [3.8, 4) is 5.75 Å². The molecule has 0 aliphatic heterocycles. The topological polar surface area (TPSA) is 102 Å². The van der Waals surface area contributed by atoms with Gasteiger partial charge in [0.2, 0.25) is 10.0 Å². The molecule has 20 heavy (non-hydrogen) atoms. The van der Waals surface area contributed by atoms with Crippen molar-refractivity contribution >= 4 is 21.6 Å². The number of nitrogens with two attached hydrogens (primary N) is 1. The molecule has 0 aliphatic carbocycles. The maximum absolute atomic E-state index is 12.2. The lowest BCUT2D eigenvalue weighted by Crippen LogP contribution is -2.43. The van der Waals surface area contributed by atoms with Crippen molar-refractivity contribution in [1.29, 1.82) is 0 Å². The number of hydrogen-bond donors (Lipinski definition) is 2. The van der Waals surface area contributed by atoms with Crippen LogP contribution >= 0.6 is 0 Å². The highest BCUT2D eigenvalue weighted by Gasteiger charge is 2.25. The number of carbonyl (C=O) groups is 1. The standard InChI is InChI=1S/C12H19N3O4S/c1-3-19-11-8-6-5-7-10(11)15(9-12(16)14-13)20(17,18)4-2/h5-8H,3-4,9,13H2,1-2H3,(H,14,16). The Balaban J connectivity index is 3.27. The lowest BCUT2D eigenvalue weighted by molar-refractivity contribution is -0.119. The molecule has 0 spiro atoms. The molecule has 0 saturated carbocycles. The molecule has 0 radical (unpaired) electrons. The first-order chi connectivity index (χ1) is 9.46. The van der Waals surface area contributed by atoms with Crippen LogP contribution in [0.15, 0.2) is 24.3 Å². The second-order valence-electron chi connectivity index (χ2n) is 3.88. The van der Waals surface area contributed by atoms with Gasteiger partial charge in [0.05, 0.1) is 18.0 Å². The number of sulfonamides is 1. The van der Waals surface area contributed by atoms with Crippen LogP contribution in [-0.4, -0.2) is 33.2 Å². The van der Waals surface area contributed by atoms with Crippen LogP contribution in [-0.2, 0) is 14.8 Å². The largest absolute Gasteiger partial charge is 0.492 e. The fourth-order valence-electron chi connectivity index (χ4n) is 1.61. The van der Waals surface area contributed by atoms with Gasteiger partial charge in [-0.2, -0.15) is 0 Å². The van der Waals surface area contributed by atoms with Crippen LogP contribution in [0.4, 0.5) is 5.69 Å². The molecule has 7 nitrogen and oxygen atoms in total. The zero-order chi connectivity index (χ0) is 15.2. The highest BCUT2D eigenvalue weighted by atomic mass is 32.2. The summed E-state index contributed by atoms with van der Waals surface area (Å²) in [4.78, 5) is 11.4. The SMILES string of the molecule is CCOc1ccccc1N(CC(=O)NN)S(=O)(=O)CC. The summed E-state index contributed by atoms with van der Waals surface area (Å²) in [5.41, 5.74) is 2.25. The normalized spacial score (nSPS) is 10.9. The van der Waals surface area contributed by atoms with Gasteiger partial charge in [-0.05, 0) is 26.0 Å². The Morgan fingerprint density at radius 2 is 2.00 bits per heavy atom. The summed E-state index contributed by atoms with van der Waals surface area (Å²) in [5, 5.41) is 0. The van der Waals surface area contributed by atoms with Crippen molar-refractivity contribution in [3.05, 3.63) is 24.3 Å². The first-order valence-corrected chi connectivity index (χ1v) is 7.78. The Hall–Kier alpha value is -1.80. The zero-order valence-electron chi connectivity index (χ0n) is 11.5. The number of para-hydroxylation sites is 2. The predicted octanol–water partition coefficient (Wildman–Crippen LogP) is 0.231. The number of benzene rings is 1. The van der Waals surface area contributed by atoms with Gasteiger partial charge in [-0.15, -0.1) is 0 Å². The monoisotopic (exact) mass is 301 g/mol. The average molecular weight is 301 g/mol. The van der Waals surface area contributed by atoms with E-state index < -0.39 is 22.5 Å². The minimum absolute atomic E-state index is 0.134. The molecule has 0 aliphatic rings. The van der Waals surface area contributed by atoms with Crippen LogP contribution in [0.1, 0.15) is 13.8 Å². The minimum atomic E-state index is -3.62. The molecule has 0 saturated heterocycles. The lowest BCUT2D eigenvalue weighted by atomic mass is 10.3. The van der Waals surface area contributed by atoms with Gasteiger partial charge in [-0.25, -0.2) is 14.3 Å². The molecule has 0 unspecified atom stereocenters. The molecule has 0 heterocycles. The number of rotatable bonds is 7. The van der Waals surface area contributed by atoms with Crippen molar-refractivity contribution in [2.75, 3.05) is 23.2 Å². The van der Waals surface area contributed by atoms with Gasteiger partial charge in [0, 0.05) is 0 Å². The fraction of sp³-hybridized carbons (Fsp3) is 0.417. The molecular formula is C12H19N3O4S. The summed E-state index contributed by atoms with van der Waals surface area (Å²) in [7, 11) is -3.62. The predicted molar refractivity (Wildman–Crippen MR) is 76.7 cm³/mol. The van der Waals surface area contributed by atoms with E-state index >= 15 is 0 Å². The van der Waals surface area contributed by atoms with Crippen molar-refractivity contribution in [2.24, 2.45) is 5.84 Å². The second-order valence-corrected chi connectivity index (χ2v) is 6.06. The quantitative estimate of drug-likeness (QED) is 0.426. The van der Waals surface area contributed by atoms with Crippen LogP contribution in [0.3, 0.4) is 0 Å². The van der Waals surface area contributed by atoms with Gasteiger partial charge in [-0.1, -0.05) is 12.1 Å². The molecule has 1 amide bonds. The third-order valence-electron chi connectivity index (χ3n) is 2.58. The summed E-state index contributed by atoms with van der Waals surface area (Å²) >= 11 is 0. The maximum Gasteiger partial charge on any atom is 0.254 e. The highest BCUT2D eigenvalue weighted by molar-refractivity contribution is 7.92. The zero-order valence-corrected chi connectivity index (χ0v) is 12.3. The van der Waals surface area contributed by atoms with Gasteiger partial charge < -0.3 is 4.74 Å². The van der Waals surface area contributed by atoms with E-state index in [9.17, 15) is 13.2 Å². The summed E-state index contributed by atoms with van der Waals surface area (Å²) in [6.07, 6.45) is 0. The van der Waals surface area contributed by atoms with E-state index in [4.69, 9.17) is 10.6 Å². The Morgan fingerprint density at radius 3 is 2.55 bits per heavy atom. The van der Waals surface area contributed by atoms with Crippen LogP contribution in [0.5, 0.6) is 5.75 Å². The molecule has 1 aromatic carbocycles.